The molecule has 1 amide bonds. The molecule has 5 nitrogen and oxygen atoms in total. The molecule has 8 heteroatoms. The van der Waals surface area contributed by atoms with E-state index in [2.05, 4.69) is 46.1 Å². The molecule has 33 heavy (non-hydrogen) atoms. The number of hydrogen-bond acceptors (Lipinski definition) is 5. The molecule has 0 spiro atoms. The van der Waals surface area contributed by atoms with Crippen LogP contribution in [0.2, 0.25) is 0 Å². The summed E-state index contributed by atoms with van der Waals surface area (Å²) < 4.78 is 15.5. The first-order chi connectivity index (χ1) is 16.0. The average molecular weight is 481 g/mol. The standard InChI is InChI=1S/C25H25FN4OS2/c1-3-13-30-24(19-7-4-6-17(2)15-19)28-29-25(30)33-16-22(31)27-23(21-8-5-14-32-21)18-9-11-20(26)12-10-18/h4-12,14-15,23H,3,13,16H2,1-2H3,(H,27,31). The van der Waals surface area contributed by atoms with E-state index in [1.807, 2.05) is 29.6 Å². The SMILES string of the molecule is CCCn1c(SCC(=O)NC(c2ccc(F)cc2)c2cccs2)nnc1-c1cccc(C)c1. The van der Waals surface area contributed by atoms with Gasteiger partial charge in [0.25, 0.3) is 0 Å². The fourth-order valence-electron chi connectivity index (χ4n) is 3.58. The van der Waals surface area contributed by atoms with Gasteiger partial charge in [-0.15, -0.1) is 21.5 Å². The Kier molecular flexibility index (Phi) is 7.57. The smallest absolute Gasteiger partial charge is 0.231 e. The first-order valence-corrected chi connectivity index (χ1v) is 12.6. The average Bonchev–Trinajstić information content (AvgIpc) is 3.48. The number of amides is 1. The lowest BCUT2D eigenvalue weighted by Crippen LogP contribution is -2.30. The summed E-state index contributed by atoms with van der Waals surface area (Å²) in [7, 11) is 0. The second-order valence-corrected chi connectivity index (χ2v) is 9.61. The van der Waals surface area contributed by atoms with E-state index < -0.39 is 0 Å². The molecule has 1 atom stereocenters. The first-order valence-electron chi connectivity index (χ1n) is 10.8. The maximum Gasteiger partial charge on any atom is 0.231 e. The number of halogens is 1. The van der Waals surface area contributed by atoms with Gasteiger partial charge in [-0.3, -0.25) is 4.79 Å². The number of benzene rings is 2. The molecule has 2 aromatic heterocycles. The third-order valence-electron chi connectivity index (χ3n) is 5.11. The van der Waals surface area contributed by atoms with Crippen LogP contribution in [0.3, 0.4) is 0 Å². The molecule has 0 aliphatic rings. The third kappa shape index (κ3) is 5.69. The van der Waals surface area contributed by atoms with E-state index in [9.17, 15) is 9.18 Å². The van der Waals surface area contributed by atoms with Gasteiger partial charge in [-0.25, -0.2) is 4.39 Å². The number of hydrogen-bond donors (Lipinski definition) is 1. The molecule has 0 saturated carbocycles. The monoisotopic (exact) mass is 480 g/mol. The van der Waals surface area contributed by atoms with E-state index in [-0.39, 0.29) is 23.5 Å². The van der Waals surface area contributed by atoms with Crippen LogP contribution in [0.5, 0.6) is 0 Å². The number of nitrogens with zero attached hydrogens (tertiary/aromatic N) is 3. The Morgan fingerprint density at radius 1 is 1.15 bits per heavy atom. The van der Waals surface area contributed by atoms with Crippen molar-refractivity contribution < 1.29 is 9.18 Å². The van der Waals surface area contributed by atoms with Crippen LogP contribution in [0.1, 0.15) is 35.4 Å². The highest BCUT2D eigenvalue weighted by molar-refractivity contribution is 7.99. The van der Waals surface area contributed by atoms with Crippen molar-refractivity contribution in [3.05, 3.63) is 87.9 Å². The molecular formula is C25H25FN4OS2. The Labute approximate surface area is 201 Å². The van der Waals surface area contributed by atoms with Crippen molar-refractivity contribution in [2.24, 2.45) is 0 Å². The van der Waals surface area contributed by atoms with Gasteiger partial charge in [0, 0.05) is 17.0 Å². The molecule has 170 valence electrons. The van der Waals surface area contributed by atoms with Crippen LogP contribution < -0.4 is 5.32 Å². The van der Waals surface area contributed by atoms with Crippen molar-refractivity contribution in [1.82, 2.24) is 20.1 Å². The second kappa shape index (κ2) is 10.8. The lowest BCUT2D eigenvalue weighted by atomic mass is 10.1. The number of thioether (sulfide) groups is 1. The molecule has 0 fully saturated rings. The topological polar surface area (TPSA) is 59.8 Å². The van der Waals surface area contributed by atoms with Crippen molar-refractivity contribution >= 4 is 29.0 Å². The summed E-state index contributed by atoms with van der Waals surface area (Å²) in [4.78, 5) is 13.9. The molecule has 4 aromatic rings. The molecule has 0 saturated heterocycles. The highest BCUT2D eigenvalue weighted by atomic mass is 32.2. The zero-order valence-corrected chi connectivity index (χ0v) is 20.1. The first kappa shape index (κ1) is 23.2. The van der Waals surface area contributed by atoms with Gasteiger partial charge < -0.3 is 9.88 Å². The number of carbonyl (C=O) groups is 1. The quantitative estimate of drug-likeness (QED) is 0.305. The van der Waals surface area contributed by atoms with Crippen LogP contribution in [0, 0.1) is 12.7 Å². The molecule has 2 aromatic carbocycles. The van der Waals surface area contributed by atoms with Crippen LogP contribution in [0.25, 0.3) is 11.4 Å². The molecule has 0 aliphatic carbocycles. The summed E-state index contributed by atoms with van der Waals surface area (Å²) >= 11 is 2.93. The lowest BCUT2D eigenvalue weighted by Gasteiger charge is -2.18. The number of thiophene rings is 1. The summed E-state index contributed by atoms with van der Waals surface area (Å²) in [6, 6.07) is 18.0. The fraction of sp³-hybridized carbons (Fsp3) is 0.240. The summed E-state index contributed by atoms with van der Waals surface area (Å²) in [6.45, 7) is 4.93. The minimum absolute atomic E-state index is 0.120. The molecular weight excluding hydrogens is 455 g/mol. The zero-order valence-electron chi connectivity index (χ0n) is 18.5. The number of carbonyl (C=O) groups excluding carboxylic acids is 1. The molecule has 0 bridgehead atoms. The predicted octanol–water partition coefficient (Wildman–Crippen LogP) is 5.86. The second-order valence-electron chi connectivity index (χ2n) is 7.68. The minimum Gasteiger partial charge on any atom is -0.344 e. The van der Waals surface area contributed by atoms with Crippen molar-refractivity contribution in [2.75, 3.05) is 5.75 Å². The van der Waals surface area contributed by atoms with Gasteiger partial charge in [-0.1, -0.05) is 60.6 Å². The van der Waals surface area contributed by atoms with Crippen LogP contribution in [-0.2, 0) is 11.3 Å². The van der Waals surface area contributed by atoms with Gasteiger partial charge >= 0.3 is 0 Å². The Bertz CT molecular complexity index is 1210. The molecule has 4 rings (SSSR count). The Balaban J connectivity index is 1.49. The van der Waals surface area contributed by atoms with E-state index in [0.717, 1.165) is 45.5 Å². The van der Waals surface area contributed by atoms with Crippen molar-refractivity contribution in [1.29, 1.82) is 0 Å². The van der Waals surface area contributed by atoms with Gasteiger partial charge in [0.05, 0.1) is 11.8 Å². The molecule has 1 unspecified atom stereocenters. The van der Waals surface area contributed by atoms with E-state index in [1.165, 1.54) is 23.9 Å². The largest absolute Gasteiger partial charge is 0.344 e. The summed E-state index contributed by atoms with van der Waals surface area (Å²) in [5.74, 6) is 0.598. The number of rotatable bonds is 9. The number of aromatic nitrogens is 3. The lowest BCUT2D eigenvalue weighted by molar-refractivity contribution is -0.119. The van der Waals surface area contributed by atoms with Crippen molar-refractivity contribution in [2.45, 2.75) is 38.0 Å². The van der Waals surface area contributed by atoms with Gasteiger partial charge in [0.1, 0.15) is 5.82 Å². The van der Waals surface area contributed by atoms with Crippen LogP contribution in [0.4, 0.5) is 4.39 Å². The Morgan fingerprint density at radius 2 is 1.97 bits per heavy atom. The maximum atomic E-state index is 13.4. The normalized spacial score (nSPS) is 12.0. The van der Waals surface area contributed by atoms with Gasteiger partial charge in [-0.05, 0) is 48.6 Å². The van der Waals surface area contributed by atoms with Crippen LogP contribution in [0.15, 0.2) is 71.2 Å². The summed E-state index contributed by atoms with van der Waals surface area (Å²) in [5.41, 5.74) is 3.02. The molecule has 0 radical (unpaired) electrons. The van der Waals surface area contributed by atoms with Gasteiger partial charge in [-0.2, -0.15) is 0 Å². The highest BCUT2D eigenvalue weighted by Crippen LogP contribution is 2.28. The fourth-order valence-corrected chi connectivity index (χ4v) is 5.16. The van der Waals surface area contributed by atoms with Gasteiger partial charge in [0.2, 0.25) is 5.91 Å². The van der Waals surface area contributed by atoms with Crippen molar-refractivity contribution in [3.8, 4) is 11.4 Å². The van der Waals surface area contributed by atoms with E-state index in [4.69, 9.17) is 0 Å². The zero-order chi connectivity index (χ0) is 23.2. The van der Waals surface area contributed by atoms with Crippen LogP contribution in [-0.4, -0.2) is 26.4 Å². The van der Waals surface area contributed by atoms with Crippen molar-refractivity contribution in [3.63, 3.8) is 0 Å². The third-order valence-corrected chi connectivity index (χ3v) is 7.01. The summed E-state index contributed by atoms with van der Waals surface area (Å²) in [5, 5.41) is 14.6. The number of nitrogens with one attached hydrogen (secondary N) is 1. The molecule has 0 aliphatic heterocycles. The van der Waals surface area contributed by atoms with E-state index in [0.29, 0.717) is 0 Å². The molecule has 2 heterocycles. The highest BCUT2D eigenvalue weighted by Gasteiger charge is 2.20. The Hall–Kier alpha value is -2.97. The maximum absolute atomic E-state index is 13.4. The summed E-state index contributed by atoms with van der Waals surface area (Å²) in [6.07, 6.45) is 0.932. The predicted molar refractivity (Wildman–Crippen MR) is 132 cm³/mol. The number of aryl methyl sites for hydroxylation is 1. The van der Waals surface area contributed by atoms with E-state index in [1.54, 1.807) is 23.5 Å². The Morgan fingerprint density at radius 3 is 2.67 bits per heavy atom. The van der Waals surface area contributed by atoms with Crippen LogP contribution >= 0.6 is 23.1 Å². The van der Waals surface area contributed by atoms with Gasteiger partial charge in [0.15, 0.2) is 11.0 Å². The van der Waals surface area contributed by atoms with E-state index >= 15 is 0 Å². The molecule has 1 N–H and O–H groups in total. The minimum atomic E-state index is -0.324.